The maximum atomic E-state index is 13.5. The van der Waals surface area contributed by atoms with Crippen molar-refractivity contribution in [1.82, 2.24) is 10.2 Å². The number of rotatable bonds is 8. The molecule has 0 unspecified atom stereocenters. The van der Waals surface area contributed by atoms with Crippen molar-refractivity contribution in [2.24, 2.45) is 0 Å². The quantitative estimate of drug-likeness (QED) is 0.667. The monoisotopic (exact) mass is 447 g/mol. The Kier molecular flexibility index (Phi) is 7.40. The van der Waals surface area contributed by atoms with Gasteiger partial charge in [0.25, 0.3) is 10.0 Å². The molecule has 3 rings (SSSR count). The Labute approximate surface area is 183 Å². The summed E-state index contributed by atoms with van der Waals surface area (Å²) in [5.74, 6) is 0.422. The highest BCUT2D eigenvalue weighted by molar-refractivity contribution is 7.92. The van der Waals surface area contributed by atoms with Crippen LogP contribution in [0.1, 0.15) is 12.8 Å². The second kappa shape index (κ2) is 10.0. The third-order valence-corrected chi connectivity index (χ3v) is 7.13. The van der Waals surface area contributed by atoms with Gasteiger partial charge < -0.3 is 19.7 Å². The van der Waals surface area contributed by atoms with Crippen LogP contribution in [-0.2, 0) is 14.8 Å². The molecule has 1 saturated heterocycles. The number of nitrogens with zero attached hydrogens (tertiary/aromatic N) is 2. The van der Waals surface area contributed by atoms with Gasteiger partial charge in [-0.25, -0.2) is 8.42 Å². The Morgan fingerprint density at radius 2 is 1.77 bits per heavy atom. The number of carbonyl (C=O) groups excluding carboxylic acids is 1. The summed E-state index contributed by atoms with van der Waals surface area (Å²) in [7, 11) is 0.965. The lowest BCUT2D eigenvalue weighted by atomic mass is 10.1. The first-order chi connectivity index (χ1) is 14.8. The van der Waals surface area contributed by atoms with Gasteiger partial charge in [0, 0.05) is 12.1 Å². The lowest BCUT2D eigenvalue weighted by Gasteiger charge is -2.31. The molecule has 0 radical (unpaired) electrons. The number of likely N-dealkylation sites (tertiary alicyclic amines) is 1. The molecular weight excluding hydrogens is 418 g/mol. The van der Waals surface area contributed by atoms with Crippen LogP contribution in [0.2, 0.25) is 0 Å². The zero-order valence-corrected chi connectivity index (χ0v) is 18.9. The molecule has 0 atom stereocenters. The van der Waals surface area contributed by atoms with Gasteiger partial charge in [0.1, 0.15) is 18.0 Å². The van der Waals surface area contributed by atoms with E-state index in [1.807, 2.05) is 7.05 Å². The van der Waals surface area contributed by atoms with E-state index in [1.54, 1.807) is 36.4 Å². The number of amides is 1. The van der Waals surface area contributed by atoms with E-state index in [-0.39, 0.29) is 29.1 Å². The molecule has 168 valence electrons. The van der Waals surface area contributed by atoms with Crippen LogP contribution in [-0.4, -0.2) is 66.2 Å². The van der Waals surface area contributed by atoms with Crippen LogP contribution < -0.4 is 19.1 Å². The molecule has 8 nitrogen and oxygen atoms in total. The van der Waals surface area contributed by atoms with Crippen molar-refractivity contribution in [3.05, 3.63) is 48.5 Å². The largest absolute Gasteiger partial charge is 0.497 e. The summed E-state index contributed by atoms with van der Waals surface area (Å²) >= 11 is 0. The standard InChI is InChI=1S/C22H29N3O5S/c1-24-13-11-17(12-14-24)23-22(26)16-25(31(27,28)19-7-5-4-6-8-19)20-15-18(29-2)9-10-21(20)30-3/h4-10,15,17H,11-14,16H2,1-3H3,(H,23,26). The van der Waals surface area contributed by atoms with Crippen LogP contribution in [0.25, 0.3) is 0 Å². The molecule has 1 aliphatic rings. The topological polar surface area (TPSA) is 88.2 Å². The fourth-order valence-corrected chi connectivity index (χ4v) is 5.01. The number of nitrogens with one attached hydrogen (secondary N) is 1. The van der Waals surface area contributed by atoms with Gasteiger partial charge in [0.05, 0.1) is 24.8 Å². The molecule has 1 aliphatic heterocycles. The molecule has 1 amide bonds. The number of piperidine rings is 1. The maximum absolute atomic E-state index is 13.5. The Balaban J connectivity index is 1.95. The van der Waals surface area contributed by atoms with Gasteiger partial charge >= 0.3 is 0 Å². The van der Waals surface area contributed by atoms with Crippen molar-refractivity contribution in [1.29, 1.82) is 0 Å². The highest BCUT2D eigenvalue weighted by atomic mass is 32.2. The molecule has 31 heavy (non-hydrogen) atoms. The number of carbonyl (C=O) groups is 1. The fourth-order valence-electron chi connectivity index (χ4n) is 3.57. The number of anilines is 1. The number of hydrogen-bond donors (Lipinski definition) is 1. The fraction of sp³-hybridized carbons (Fsp3) is 0.409. The number of methoxy groups -OCH3 is 2. The first kappa shape index (κ1) is 22.9. The van der Waals surface area contributed by atoms with E-state index in [9.17, 15) is 13.2 Å². The van der Waals surface area contributed by atoms with E-state index >= 15 is 0 Å². The smallest absolute Gasteiger partial charge is 0.264 e. The Morgan fingerprint density at radius 1 is 1.10 bits per heavy atom. The number of benzene rings is 2. The van der Waals surface area contributed by atoms with Gasteiger partial charge in [-0.05, 0) is 57.2 Å². The molecule has 0 saturated carbocycles. The summed E-state index contributed by atoms with van der Waals surface area (Å²) in [5, 5.41) is 2.99. The lowest BCUT2D eigenvalue weighted by Crippen LogP contribution is -2.47. The minimum absolute atomic E-state index is 0.0252. The Hall–Kier alpha value is -2.78. The molecular formula is C22H29N3O5S. The van der Waals surface area contributed by atoms with Crippen LogP contribution in [0.3, 0.4) is 0 Å². The summed E-state index contributed by atoms with van der Waals surface area (Å²) in [4.78, 5) is 15.2. The molecule has 1 heterocycles. The maximum Gasteiger partial charge on any atom is 0.264 e. The van der Waals surface area contributed by atoms with Crippen LogP contribution in [0.5, 0.6) is 11.5 Å². The summed E-state index contributed by atoms with van der Waals surface area (Å²) in [6.07, 6.45) is 1.66. The van der Waals surface area contributed by atoms with Crippen molar-refractivity contribution in [3.63, 3.8) is 0 Å². The average Bonchev–Trinajstić information content (AvgIpc) is 2.79. The molecule has 1 fully saturated rings. The molecule has 1 N–H and O–H groups in total. The third kappa shape index (κ3) is 5.48. The molecule has 9 heteroatoms. The Morgan fingerprint density at radius 3 is 2.39 bits per heavy atom. The van der Waals surface area contributed by atoms with Gasteiger partial charge in [-0.2, -0.15) is 0 Å². The van der Waals surface area contributed by atoms with E-state index in [1.165, 1.54) is 26.4 Å². The SMILES string of the molecule is COc1ccc(OC)c(N(CC(=O)NC2CCN(C)CC2)S(=O)(=O)c2ccccc2)c1. The minimum Gasteiger partial charge on any atom is -0.497 e. The van der Waals surface area contributed by atoms with Crippen molar-refractivity contribution in [2.45, 2.75) is 23.8 Å². The van der Waals surface area contributed by atoms with Crippen molar-refractivity contribution in [3.8, 4) is 11.5 Å². The lowest BCUT2D eigenvalue weighted by molar-refractivity contribution is -0.120. The van der Waals surface area contributed by atoms with Crippen LogP contribution in [0, 0.1) is 0 Å². The zero-order valence-electron chi connectivity index (χ0n) is 18.1. The molecule has 2 aromatic carbocycles. The highest BCUT2D eigenvalue weighted by Gasteiger charge is 2.30. The first-order valence-electron chi connectivity index (χ1n) is 10.1. The minimum atomic E-state index is -4.03. The van der Waals surface area contributed by atoms with Gasteiger partial charge in [0.2, 0.25) is 5.91 Å². The zero-order chi connectivity index (χ0) is 22.4. The average molecular weight is 448 g/mol. The normalized spacial score (nSPS) is 15.3. The number of ether oxygens (including phenoxy) is 2. The number of hydrogen-bond acceptors (Lipinski definition) is 6. The predicted octanol–water partition coefficient (Wildman–Crippen LogP) is 2.11. The predicted molar refractivity (Wildman–Crippen MR) is 119 cm³/mol. The summed E-state index contributed by atoms with van der Waals surface area (Å²) in [6.45, 7) is 1.41. The van der Waals surface area contributed by atoms with Gasteiger partial charge in [-0.3, -0.25) is 9.10 Å². The number of sulfonamides is 1. The summed E-state index contributed by atoms with van der Waals surface area (Å²) in [5.41, 5.74) is 0.240. The van der Waals surface area contributed by atoms with Gasteiger partial charge in [-0.15, -0.1) is 0 Å². The molecule has 0 bridgehead atoms. The molecule has 0 aliphatic carbocycles. The summed E-state index contributed by atoms with van der Waals surface area (Å²) in [6, 6.07) is 12.9. The van der Waals surface area contributed by atoms with Crippen LogP contribution in [0.15, 0.2) is 53.4 Å². The molecule has 0 aromatic heterocycles. The Bertz CT molecular complexity index is 989. The van der Waals surface area contributed by atoms with Crippen molar-refractivity contribution in [2.75, 3.05) is 45.2 Å². The second-order valence-corrected chi connectivity index (χ2v) is 9.37. The van der Waals surface area contributed by atoms with E-state index in [0.29, 0.717) is 11.5 Å². The molecule has 2 aromatic rings. The van der Waals surface area contributed by atoms with Crippen LogP contribution in [0.4, 0.5) is 5.69 Å². The highest BCUT2D eigenvalue weighted by Crippen LogP contribution is 2.35. The van der Waals surface area contributed by atoms with Gasteiger partial charge in [0.15, 0.2) is 0 Å². The van der Waals surface area contributed by atoms with E-state index in [0.717, 1.165) is 30.2 Å². The van der Waals surface area contributed by atoms with Gasteiger partial charge in [-0.1, -0.05) is 18.2 Å². The first-order valence-corrected chi connectivity index (χ1v) is 11.6. The van der Waals surface area contributed by atoms with E-state index in [2.05, 4.69) is 10.2 Å². The van der Waals surface area contributed by atoms with E-state index in [4.69, 9.17) is 9.47 Å². The van der Waals surface area contributed by atoms with Crippen LogP contribution >= 0.6 is 0 Å². The van der Waals surface area contributed by atoms with E-state index < -0.39 is 10.0 Å². The second-order valence-electron chi connectivity index (χ2n) is 7.51. The molecule has 0 spiro atoms. The third-order valence-electron chi connectivity index (χ3n) is 5.36. The summed E-state index contributed by atoms with van der Waals surface area (Å²) < 4.78 is 38.8. The van der Waals surface area contributed by atoms with Crippen molar-refractivity contribution < 1.29 is 22.7 Å². The van der Waals surface area contributed by atoms with Crippen molar-refractivity contribution >= 4 is 21.6 Å².